The van der Waals surface area contributed by atoms with Crippen LogP contribution in [-0.4, -0.2) is 31.4 Å². The molecule has 2 heterocycles. The molecule has 0 radical (unpaired) electrons. The molecule has 0 bridgehead atoms. The topological polar surface area (TPSA) is 72.7 Å². The third kappa shape index (κ3) is 4.91. The third-order valence-corrected chi connectivity index (χ3v) is 6.64. The molecule has 164 valence electrons. The number of halogens is 1. The number of para-hydroxylation sites is 1. The lowest BCUT2D eigenvalue weighted by atomic mass is 10.2. The van der Waals surface area contributed by atoms with E-state index in [1.807, 2.05) is 60.7 Å². The SMILES string of the molecule is O=C(CSc1nnc2c3ccccc3n(Cc3ccc(Br)cc3)c2n1)NCc1ccccc1. The molecular formula is C25H20BrN5OS. The second kappa shape index (κ2) is 9.72. The first-order valence-corrected chi connectivity index (χ1v) is 12.2. The number of carbonyl (C=O) groups is 1. The van der Waals surface area contributed by atoms with Gasteiger partial charge in [-0.1, -0.05) is 88.4 Å². The van der Waals surface area contributed by atoms with Crippen LogP contribution in [0.15, 0.2) is 88.5 Å². The van der Waals surface area contributed by atoms with Gasteiger partial charge < -0.3 is 9.88 Å². The molecule has 0 saturated heterocycles. The molecule has 5 rings (SSSR count). The van der Waals surface area contributed by atoms with Crippen LogP contribution in [0.2, 0.25) is 0 Å². The van der Waals surface area contributed by atoms with E-state index in [1.165, 1.54) is 11.8 Å². The summed E-state index contributed by atoms with van der Waals surface area (Å²) in [6.45, 7) is 1.16. The molecule has 0 spiro atoms. The van der Waals surface area contributed by atoms with Gasteiger partial charge in [0.2, 0.25) is 11.1 Å². The Bertz CT molecular complexity index is 1420. The van der Waals surface area contributed by atoms with Crippen LogP contribution in [0.5, 0.6) is 0 Å². The number of thioether (sulfide) groups is 1. The van der Waals surface area contributed by atoms with E-state index in [-0.39, 0.29) is 11.7 Å². The minimum absolute atomic E-state index is 0.0667. The van der Waals surface area contributed by atoms with Gasteiger partial charge in [-0.3, -0.25) is 4.79 Å². The first kappa shape index (κ1) is 21.6. The smallest absolute Gasteiger partial charge is 0.230 e. The number of rotatable bonds is 7. The van der Waals surface area contributed by atoms with Crippen LogP contribution < -0.4 is 5.32 Å². The summed E-state index contributed by atoms with van der Waals surface area (Å²) in [7, 11) is 0. The van der Waals surface area contributed by atoms with Crippen molar-refractivity contribution in [3.63, 3.8) is 0 Å². The average Bonchev–Trinajstić information content (AvgIpc) is 3.16. The van der Waals surface area contributed by atoms with Crippen molar-refractivity contribution < 1.29 is 4.79 Å². The van der Waals surface area contributed by atoms with E-state index >= 15 is 0 Å². The largest absolute Gasteiger partial charge is 0.351 e. The number of carbonyl (C=O) groups excluding carboxylic acids is 1. The van der Waals surface area contributed by atoms with Crippen molar-refractivity contribution in [1.82, 2.24) is 25.1 Å². The fraction of sp³-hybridized carbons (Fsp3) is 0.120. The van der Waals surface area contributed by atoms with Crippen LogP contribution in [0.25, 0.3) is 22.1 Å². The molecule has 3 aromatic carbocycles. The Morgan fingerprint density at radius 1 is 0.909 bits per heavy atom. The summed E-state index contributed by atoms with van der Waals surface area (Å²) >= 11 is 4.78. The Labute approximate surface area is 203 Å². The lowest BCUT2D eigenvalue weighted by Gasteiger charge is -2.08. The van der Waals surface area contributed by atoms with Gasteiger partial charge in [0.1, 0.15) is 5.52 Å². The highest BCUT2D eigenvalue weighted by Gasteiger charge is 2.16. The summed E-state index contributed by atoms with van der Waals surface area (Å²) in [5, 5.41) is 13.2. The molecule has 33 heavy (non-hydrogen) atoms. The monoisotopic (exact) mass is 517 g/mol. The minimum Gasteiger partial charge on any atom is -0.351 e. The standard InChI is InChI=1S/C25H20BrN5OS/c26-19-12-10-18(11-13-19)15-31-21-9-5-4-8-20(21)23-24(31)28-25(30-29-23)33-16-22(32)27-14-17-6-2-1-3-7-17/h1-13H,14-16H2,(H,27,32). The molecule has 0 aliphatic heterocycles. The molecule has 8 heteroatoms. The van der Waals surface area contributed by atoms with Crippen molar-refractivity contribution in [3.05, 3.63) is 94.5 Å². The number of nitrogens with one attached hydrogen (secondary N) is 1. The highest BCUT2D eigenvalue weighted by molar-refractivity contribution is 9.10. The van der Waals surface area contributed by atoms with Gasteiger partial charge >= 0.3 is 0 Å². The van der Waals surface area contributed by atoms with Crippen molar-refractivity contribution >= 4 is 55.7 Å². The molecule has 1 N–H and O–H groups in total. The Morgan fingerprint density at radius 3 is 2.48 bits per heavy atom. The highest BCUT2D eigenvalue weighted by Crippen LogP contribution is 2.28. The molecule has 6 nitrogen and oxygen atoms in total. The van der Waals surface area contributed by atoms with Crippen molar-refractivity contribution in [3.8, 4) is 0 Å². The van der Waals surface area contributed by atoms with Crippen LogP contribution in [0, 0.1) is 0 Å². The van der Waals surface area contributed by atoms with Gasteiger partial charge in [0.05, 0.1) is 11.3 Å². The Hall–Kier alpha value is -3.23. The molecule has 0 atom stereocenters. The predicted octanol–water partition coefficient (Wildman–Crippen LogP) is 5.20. The minimum atomic E-state index is -0.0667. The summed E-state index contributed by atoms with van der Waals surface area (Å²) in [5.41, 5.74) is 4.81. The van der Waals surface area contributed by atoms with Crippen molar-refractivity contribution in [2.24, 2.45) is 0 Å². The normalized spacial score (nSPS) is 11.2. The molecule has 1 amide bonds. The van der Waals surface area contributed by atoms with Crippen LogP contribution in [0.4, 0.5) is 0 Å². The number of hydrogen-bond donors (Lipinski definition) is 1. The molecule has 0 fully saturated rings. The summed E-state index contributed by atoms with van der Waals surface area (Å²) < 4.78 is 3.20. The van der Waals surface area contributed by atoms with Gasteiger partial charge in [-0.25, -0.2) is 4.98 Å². The van der Waals surface area contributed by atoms with E-state index in [4.69, 9.17) is 4.98 Å². The van der Waals surface area contributed by atoms with Crippen LogP contribution in [0.1, 0.15) is 11.1 Å². The zero-order valence-corrected chi connectivity index (χ0v) is 20.0. The first-order chi connectivity index (χ1) is 16.2. The fourth-order valence-corrected chi connectivity index (χ4v) is 4.54. The number of hydrogen-bond acceptors (Lipinski definition) is 5. The molecule has 0 unspecified atom stereocenters. The number of aromatic nitrogens is 4. The summed E-state index contributed by atoms with van der Waals surface area (Å²) in [6, 6.07) is 26.2. The highest BCUT2D eigenvalue weighted by atomic mass is 79.9. The van der Waals surface area contributed by atoms with E-state index in [9.17, 15) is 4.79 Å². The van der Waals surface area contributed by atoms with Gasteiger partial charge in [0.15, 0.2) is 5.65 Å². The average molecular weight is 518 g/mol. The third-order valence-electron chi connectivity index (χ3n) is 5.27. The molecule has 0 saturated carbocycles. The van der Waals surface area contributed by atoms with Crippen molar-refractivity contribution in [1.29, 1.82) is 0 Å². The number of fused-ring (bicyclic) bond motifs is 3. The van der Waals surface area contributed by atoms with Gasteiger partial charge in [-0.05, 0) is 29.3 Å². The molecule has 5 aromatic rings. The van der Waals surface area contributed by atoms with Crippen molar-refractivity contribution in [2.75, 3.05) is 5.75 Å². The maximum absolute atomic E-state index is 12.3. The maximum Gasteiger partial charge on any atom is 0.230 e. The zero-order valence-electron chi connectivity index (χ0n) is 17.6. The van der Waals surface area contributed by atoms with E-state index in [0.717, 1.165) is 37.7 Å². The molecule has 0 aliphatic rings. The van der Waals surface area contributed by atoms with Crippen molar-refractivity contribution in [2.45, 2.75) is 18.2 Å². The maximum atomic E-state index is 12.3. The van der Waals surface area contributed by atoms with Crippen LogP contribution >= 0.6 is 27.7 Å². The first-order valence-electron chi connectivity index (χ1n) is 10.5. The Morgan fingerprint density at radius 2 is 1.67 bits per heavy atom. The van der Waals surface area contributed by atoms with Gasteiger partial charge in [-0.2, -0.15) is 0 Å². The lowest BCUT2D eigenvalue weighted by molar-refractivity contribution is -0.118. The van der Waals surface area contributed by atoms with Crippen LogP contribution in [0.3, 0.4) is 0 Å². The van der Waals surface area contributed by atoms with E-state index in [1.54, 1.807) is 0 Å². The van der Waals surface area contributed by atoms with E-state index in [0.29, 0.717) is 18.2 Å². The second-order valence-corrected chi connectivity index (χ2v) is 9.41. The summed E-state index contributed by atoms with van der Waals surface area (Å²) in [4.78, 5) is 17.1. The number of nitrogens with zero attached hydrogens (tertiary/aromatic N) is 4. The number of amides is 1. The van der Waals surface area contributed by atoms with Gasteiger partial charge in [0.25, 0.3) is 0 Å². The molecule has 0 aliphatic carbocycles. The molecular weight excluding hydrogens is 498 g/mol. The molecule has 2 aromatic heterocycles. The quantitative estimate of drug-likeness (QED) is 0.300. The van der Waals surface area contributed by atoms with E-state index in [2.05, 4.69) is 54.2 Å². The summed E-state index contributed by atoms with van der Waals surface area (Å²) in [6.07, 6.45) is 0. The van der Waals surface area contributed by atoms with Gasteiger partial charge in [0, 0.05) is 22.9 Å². The number of benzene rings is 3. The predicted molar refractivity (Wildman–Crippen MR) is 135 cm³/mol. The van der Waals surface area contributed by atoms with E-state index < -0.39 is 0 Å². The van der Waals surface area contributed by atoms with Gasteiger partial charge in [-0.15, -0.1) is 10.2 Å². The lowest BCUT2D eigenvalue weighted by Crippen LogP contribution is -2.24. The second-order valence-electron chi connectivity index (χ2n) is 7.55. The fourth-order valence-electron chi connectivity index (χ4n) is 3.66. The Balaban J connectivity index is 1.37. The summed E-state index contributed by atoms with van der Waals surface area (Å²) in [5.74, 6) is 0.162. The Kier molecular flexibility index (Phi) is 6.37. The zero-order chi connectivity index (χ0) is 22.6. The van der Waals surface area contributed by atoms with Crippen LogP contribution in [-0.2, 0) is 17.9 Å².